The molecule has 160 valence electrons. The molecule has 1 fully saturated rings. The van der Waals surface area contributed by atoms with E-state index in [1.165, 1.54) is 16.3 Å². The summed E-state index contributed by atoms with van der Waals surface area (Å²) >= 11 is 0. The van der Waals surface area contributed by atoms with Gasteiger partial charge < -0.3 is 15.0 Å². The number of anilines is 2. The van der Waals surface area contributed by atoms with Crippen LogP contribution in [-0.4, -0.2) is 42.0 Å². The molecule has 0 radical (unpaired) electrons. The van der Waals surface area contributed by atoms with Crippen LogP contribution < -0.4 is 15.8 Å². The highest BCUT2D eigenvalue weighted by molar-refractivity contribution is 5.90. The van der Waals surface area contributed by atoms with Crippen molar-refractivity contribution in [1.29, 1.82) is 0 Å². The Balaban J connectivity index is 1.42. The monoisotopic (exact) mass is 418 g/mol. The SMILES string of the molecule is CCc1ccc(-c2ccc(=O)n(CC(=O)Nc3ccc(N4CCOCC4)cc3)n2)cc1. The average molecular weight is 418 g/mol. The maximum atomic E-state index is 12.5. The van der Waals surface area contributed by atoms with Crippen LogP contribution in [0.3, 0.4) is 0 Å². The van der Waals surface area contributed by atoms with Gasteiger partial charge >= 0.3 is 0 Å². The van der Waals surface area contributed by atoms with Crippen LogP contribution in [0, 0.1) is 0 Å². The topological polar surface area (TPSA) is 76.5 Å². The number of carbonyl (C=O) groups excluding carboxylic acids is 1. The fourth-order valence-corrected chi connectivity index (χ4v) is 3.54. The number of aryl methyl sites for hydroxylation is 1. The molecule has 1 N–H and O–H groups in total. The lowest BCUT2D eigenvalue weighted by atomic mass is 10.1. The summed E-state index contributed by atoms with van der Waals surface area (Å²) in [5.41, 5.74) is 4.26. The van der Waals surface area contributed by atoms with Crippen molar-refractivity contribution >= 4 is 17.3 Å². The third-order valence-electron chi connectivity index (χ3n) is 5.35. The fourth-order valence-electron chi connectivity index (χ4n) is 3.54. The van der Waals surface area contributed by atoms with Crippen LogP contribution in [0.1, 0.15) is 12.5 Å². The van der Waals surface area contributed by atoms with Gasteiger partial charge in [0.05, 0.1) is 18.9 Å². The summed E-state index contributed by atoms with van der Waals surface area (Å²) in [5.74, 6) is -0.299. The number of nitrogens with one attached hydrogen (secondary N) is 1. The molecular formula is C24H26N4O3. The lowest BCUT2D eigenvalue weighted by Crippen LogP contribution is -2.36. The second-order valence-electron chi connectivity index (χ2n) is 7.46. The predicted octanol–water partition coefficient (Wildman–Crippen LogP) is 2.95. The van der Waals surface area contributed by atoms with Gasteiger partial charge in [-0.1, -0.05) is 31.2 Å². The normalized spacial score (nSPS) is 13.8. The van der Waals surface area contributed by atoms with Crippen molar-refractivity contribution in [1.82, 2.24) is 9.78 Å². The fraction of sp³-hybridized carbons (Fsp3) is 0.292. The number of nitrogens with zero attached hydrogens (tertiary/aromatic N) is 3. The molecule has 2 heterocycles. The van der Waals surface area contributed by atoms with Gasteiger partial charge in [-0.15, -0.1) is 0 Å². The number of hydrogen-bond acceptors (Lipinski definition) is 5. The number of amides is 1. The van der Waals surface area contributed by atoms with Gasteiger partial charge in [-0.05, 0) is 42.3 Å². The quantitative estimate of drug-likeness (QED) is 0.666. The Morgan fingerprint density at radius 1 is 1.00 bits per heavy atom. The molecule has 1 aliphatic rings. The molecule has 4 rings (SSSR count). The van der Waals surface area contributed by atoms with Crippen LogP contribution in [0.25, 0.3) is 11.3 Å². The molecule has 1 aliphatic heterocycles. The van der Waals surface area contributed by atoms with Crippen molar-refractivity contribution in [3.05, 3.63) is 76.6 Å². The highest BCUT2D eigenvalue weighted by Gasteiger charge is 2.12. The summed E-state index contributed by atoms with van der Waals surface area (Å²) in [5, 5.41) is 7.22. The Morgan fingerprint density at radius 3 is 2.39 bits per heavy atom. The molecule has 0 spiro atoms. The Morgan fingerprint density at radius 2 is 1.71 bits per heavy atom. The zero-order chi connectivity index (χ0) is 21.6. The third kappa shape index (κ3) is 5.19. The minimum atomic E-state index is -0.313. The number of aromatic nitrogens is 2. The molecule has 1 amide bonds. The highest BCUT2D eigenvalue weighted by atomic mass is 16.5. The first-order chi connectivity index (χ1) is 15.1. The summed E-state index contributed by atoms with van der Waals surface area (Å²) in [6.07, 6.45) is 0.959. The Labute approximate surface area is 181 Å². The molecule has 3 aromatic rings. The van der Waals surface area contributed by atoms with E-state index in [2.05, 4.69) is 22.2 Å². The van der Waals surface area contributed by atoms with Crippen LogP contribution in [-0.2, 0) is 22.5 Å². The van der Waals surface area contributed by atoms with E-state index in [1.54, 1.807) is 6.07 Å². The van der Waals surface area contributed by atoms with Gasteiger partial charge in [0.25, 0.3) is 5.56 Å². The van der Waals surface area contributed by atoms with E-state index in [0.29, 0.717) is 11.4 Å². The Bertz CT molecular complexity index is 1090. The molecule has 0 unspecified atom stereocenters. The molecule has 1 saturated heterocycles. The zero-order valence-corrected chi connectivity index (χ0v) is 17.6. The molecule has 0 aliphatic carbocycles. The van der Waals surface area contributed by atoms with Gasteiger partial charge in [-0.2, -0.15) is 5.10 Å². The molecule has 7 nitrogen and oxygen atoms in total. The van der Waals surface area contributed by atoms with E-state index in [1.807, 2.05) is 48.5 Å². The third-order valence-corrected chi connectivity index (χ3v) is 5.35. The second-order valence-corrected chi connectivity index (χ2v) is 7.46. The smallest absolute Gasteiger partial charge is 0.267 e. The van der Waals surface area contributed by atoms with Gasteiger partial charge in [0.1, 0.15) is 6.54 Å². The molecular weight excluding hydrogens is 392 g/mol. The van der Waals surface area contributed by atoms with Crippen LogP contribution in [0.5, 0.6) is 0 Å². The molecule has 31 heavy (non-hydrogen) atoms. The van der Waals surface area contributed by atoms with Crippen molar-refractivity contribution in [3.63, 3.8) is 0 Å². The van der Waals surface area contributed by atoms with Crippen LogP contribution in [0.15, 0.2) is 65.5 Å². The molecule has 0 bridgehead atoms. The number of rotatable bonds is 6. The number of morpholine rings is 1. The number of hydrogen-bond donors (Lipinski definition) is 1. The zero-order valence-electron chi connectivity index (χ0n) is 17.6. The van der Waals surface area contributed by atoms with E-state index < -0.39 is 0 Å². The van der Waals surface area contributed by atoms with Gasteiger partial charge in [0.15, 0.2) is 0 Å². The maximum Gasteiger partial charge on any atom is 0.267 e. The lowest BCUT2D eigenvalue weighted by Gasteiger charge is -2.28. The number of benzene rings is 2. The summed E-state index contributed by atoms with van der Waals surface area (Å²) in [6.45, 7) is 5.12. The van der Waals surface area contributed by atoms with E-state index in [-0.39, 0.29) is 18.0 Å². The molecule has 2 aromatic carbocycles. The Hall–Kier alpha value is -3.45. The van der Waals surface area contributed by atoms with Crippen molar-refractivity contribution in [2.75, 3.05) is 36.5 Å². The first-order valence-corrected chi connectivity index (χ1v) is 10.5. The highest BCUT2D eigenvalue weighted by Crippen LogP contribution is 2.19. The predicted molar refractivity (Wildman–Crippen MR) is 121 cm³/mol. The first kappa shape index (κ1) is 20.8. The van der Waals surface area contributed by atoms with Crippen molar-refractivity contribution < 1.29 is 9.53 Å². The molecule has 0 saturated carbocycles. The van der Waals surface area contributed by atoms with Crippen LogP contribution in [0.2, 0.25) is 0 Å². The second kappa shape index (κ2) is 9.57. The summed E-state index contributed by atoms with van der Waals surface area (Å²) in [7, 11) is 0. The van der Waals surface area contributed by atoms with E-state index in [4.69, 9.17) is 4.74 Å². The van der Waals surface area contributed by atoms with Crippen LogP contribution in [0.4, 0.5) is 11.4 Å². The molecule has 0 atom stereocenters. The van der Waals surface area contributed by atoms with E-state index in [0.717, 1.165) is 44.0 Å². The number of carbonyl (C=O) groups is 1. The largest absolute Gasteiger partial charge is 0.378 e. The van der Waals surface area contributed by atoms with E-state index >= 15 is 0 Å². The molecule has 1 aromatic heterocycles. The number of ether oxygens (including phenoxy) is 1. The van der Waals surface area contributed by atoms with Gasteiger partial charge in [0, 0.05) is 36.1 Å². The van der Waals surface area contributed by atoms with Gasteiger partial charge in [-0.25, -0.2) is 4.68 Å². The van der Waals surface area contributed by atoms with Crippen molar-refractivity contribution in [2.24, 2.45) is 0 Å². The minimum Gasteiger partial charge on any atom is -0.378 e. The van der Waals surface area contributed by atoms with Crippen molar-refractivity contribution in [3.8, 4) is 11.3 Å². The summed E-state index contributed by atoms with van der Waals surface area (Å²) in [6, 6.07) is 18.9. The minimum absolute atomic E-state index is 0.148. The summed E-state index contributed by atoms with van der Waals surface area (Å²) < 4.78 is 6.57. The lowest BCUT2D eigenvalue weighted by molar-refractivity contribution is -0.117. The van der Waals surface area contributed by atoms with Crippen LogP contribution >= 0.6 is 0 Å². The Kier molecular flexibility index (Phi) is 6.43. The standard InChI is InChI=1S/C24H26N4O3/c1-2-18-3-5-19(6-4-18)22-11-12-24(30)28(26-22)17-23(29)25-20-7-9-21(10-8-20)27-13-15-31-16-14-27/h3-12H,2,13-17H2,1H3,(H,25,29). The van der Waals surface area contributed by atoms with Crippen molar-refractivity contribution in [2.45, 2.75) is 19.9 Å². The summed E-state index contributed by atoms with van der Waals surface area (Å²) in [4.78, 5) is 27.0. The molecule has 7 heteroatoms. The average Bonchev–Trinajstić information content (AvgIpc) is 2.81. The first-order valence-electron chi connectivity index (χ1n) is 10.5. The van der Waals surface area contributed by atoms with Gasteiger partial charge in [0.2, 0.25) is 5.91 Å². The van der Waals surface area contributed by atoms with Gasteiger partial charge in [-0.3, -0.25) is 9.59 Å². The maximum absolute atomic E-state index is 12.5. The van der Waals surface area contributed by atoms with E-state index in [9.17, 15) is 9.59 Å².